The van der Waals surface area contributed by atoms with Crippen molar-refractivity contribution in [3.8, 4) is 0 Å². The van der Waals surface area contributed by atoms with Gasteiger partial charge in [0, 0.05) is 19.3 Å². The lowest BCUT2D eigenvalue weighted by molar-refractivity contribution is 0.454. The third-order valence-corrected chi connectivity index (χ3v) is 2.56. The Hall–Kier alpha value is -0.830. The summed E-state index contributed by atoms with van der Waals surface area (Å²) in [6.07, 6.45) is 6.42. The fraction of sp³-hybridized carbons (Fsp3) is 0.750. The van der Waals surface area contributed by atoms with Crippen LogP contribution in [0.1, 0.15) is 32.8 Å². The summed E-state index contributed by atoms with van der Waals surface area (Å²) in [4.78, 5) is 0. The number of rotatable bonds is 6. The minimum Gasteiger partial charge on any atom is -0.314 e. The Kier molecular flexibility index (Phi) is 4.82. The van der Waals surface area contributed by atoms with Gasteiger partial charge in [0.1, 0.15) is 0 Å². The standard InChI is InChI=1S/C12H23N3/c1-10(2)13-7-11(3)5-6-12-8-14-15(4)9-12/h8-11,13H,5-7H2,1-4H3. The van der Waals surface area contributed by atoms with Crippen LogP contribution in [0, 0.1) is 5.92 Å². The molecule has 3 nitrogen and oxygen atoms in total. The SMILES string of the molecule is CC(CCc1cnn(C)c1)CNC(C)C. The van der Waals surface area contributed by atoms with Crippen molar-refractivity contribution in [1.82, 2.24) is 15.1 Å². The van der Waals surface area contributed by atoms with Gasteiger partial charge in [-0.3, -0.25) is 4.68 Å². The largest absolute Gasteiger partial charge is 0.314 e. The molecule has 0 aliphatic rings. The summed E-state index contributed by atoms with van der Waals surface area (Å²) in [6.45, 7) is 7.78. The van der Waals surface area contributed by atoms with E-state index in [9.17, 15) is 0 Å². The molecule has 3 heteroatoms. The van der Waals surface area contributed by atoms with Crippen molar-refractivity contribution >= 4 is 0 Å². The highest BCUT2D eigenvalue weighted by atomic mass is 15.2. The Balaban J connectivity index is 2.19. The van der Waals surface area contributed by atoms with Crippen LogP contribution in [0.15, 0.2) is 12.4 Å². The second kappa shape index (κ2) is 5.91. The summed E-state index contributed by atoms with van der Waals surface area (Å²) in [7, 11) is 1.97. The zero-order valence-corrected chi connectivity index (χ0v) is 10.3. The molecule has 0 fully saturated rings. The van der Waals surface area contributed by atoms with Crippen molar-refractivity contribution in [3.05, 3.63) is 18.0 Å². The van der Waals surface area contributed by atoms with E-state index in [2.05, 4.69) is 37.4 Å². The number of aromatic nitrogens is 2. The lowest BCUT2D eigenvalue weighted by atomic mass is 10.0. The van der Waals surface area contributed by atoms with Crippen LogP contribution in [0.2, 0.25) is 0 Å². The summed E-state index contributed by atoms with van der Waals surface area (Å²) in [5, 5.41) is 7.64. The summed E-state index contributed by atoms with van der Waals surface area (Å²) in [5.41, 5.74) is 1.34. The van der Waals surface area contributed by atoms with Gasteiger partial charge in [0.25, 0.3) is 0 Å². The van der Waals surface area contributed by atoms with E-state index in [1.165, 1.54) is 12.0 Å². The number of hydrogen-bond acceptors (Lipinski definition) is 2. The second-order valence-corrected chi connectivity index (χ2v) is 4.73. The van der Waals surface area contributed by atoms with Gasteiger partial charge in [-0.2, -0.15) is 5.10 Å². The van der Waals surface area contributed by atoms with Gasteiger partial charge in [0.15, 0.2) is 0 Å². The molecule has 0 radical (unpaired) electrons. The highest BCUT2D eigenvalue weighted by molar-refractivity contribution is 5.03. The minimum absolute atomic E-state index is 0.589. The molecule has 0 saturated heterocycles. The molecule has 15 heavy (non-hydrogen) atoms. The topological polar surface area (TPSA) is 29.9 Å². The second-order valence-electron chi connectivity index (χ2n) is 4.73. The number of aryl methyl sites for hydroxylation is 2. The van der Waals surface area contributed by atoms with Crippen molar-refractivity contribution in [2.45, 2.75) is 39.7 Å². The van der Waals surface area contributed by atoms with Crippen LogP contribution in [-0.4, -0.2) is 22.4 Å². The maximum atomic E-state index is 4.17. The summed E-state index contributed by atoms with van der Waals surface area (Å²) in [5.74, 6) is 0.729. The molecular weight excluding hydrogens is 186 g/mol. The first kappa shape index (κ1) is 12.2. The van der Waals surface area contributed by atoms with Crippen LogP contribution in [0.5, 0.6) is 0 Å². The first-order chi connectivity index (χ1) is 7.08. The van der Waals surface area contributed by atoms with E-state index < -0.39 is 0 Å². The first-order valence-corrected chi connectivity index (χ1v) is 5.79. The molecule has 1 rings (SSSR count). The molecule has 86 valence electrons. The smallest absolute Gasteiger partial charge is 0.0521 e. The molecule has 1 heterocycles. The van der Waals surface area contributed by atoms with Crippen molar-refractivity contribution < 1.29 is 0 Å². The summed E-state index contributed by atoms with van der Waals surface area (Å²) < 4.78 is 1.87. The molecule has 0 aliphatic carbocycles. The number of hydrogen-bond donors (Lipinski definition) is 1. The molecule has 1 N–H and O–H groups in total. The average molecular weight is 209 g/mol. The molecule has 0 amide bonds. The van der Waals surface area contributed by atoms with Gasteiger partial charge < -0.3 is 5.32 Å². The quantitative estimate of drug-likeness (QED) is 0.776. The zero-order chi connectivity index (χ0) is 11.3. The first-order valence-electron chi connectivity index (χ1n) is 5.79. The van der Waals surface area contributed by atoms with Crippen LogP contribution < -0.4 is 5.32 Å². The van der Waals surface area contributed by atoms with Crippen LogP contribution in [0.4, 0.5) is 0 Å². The minimum atomic E-state index is 0.589. The Morgan fingerprint density at radius 1 is 1.40 bits per heavy atom. The maximum Gasteiger partial charge on any atom is 0.0521 e. The number of nitrogens with zero attached hydrogens (tertiary/aromatic N) is 2. The van der Waals surface area contributed by atoms with E-state index in [0.29, 0.717) is 6.04 Å². The monoisotopic (exact) mass is 209 g/mol. The van der Waals surface area contributed by atoms with E-state index in [4.69, 9.17) is 0 Å². The van der Waals surface area contributed by atoms with Crippen molar-refractivity contribution in [2.24, 2.45) is 13.0 Å². The van der Waals surface area contributed by atoms with E-state index in [1.807, 2.05) is 17.9 Å². The molecule has 0 aliphatic heterocycles. The van der Waals surface area contributed by atoms with Crippen LogP contribution in [-0.2, 0) is 13.5 Å². The predicted molar refractivity (Wildman–Crippen MR) is 63.8 cm³/mol. The van der Waals surface area contributed by atoms with Crippen LogP contribution in [0.3, 0.4) is 0 Å². The molecular formula is C12H23N3. The molecule has 1 unspecified atom stereocenters. The van der Waals surface area contributed by atoms with Crippen molar-refractivity contribution in [3.63, 3.8) is 0 Å². The van der Waals surface area contributed by atoms with Crippen molar-refractivity contribution in [1.29, 1.82) is 0 Å². The highest BCUT2D eigenvalue weighted by Gasteiger charge is 2.04. The summed E-state index contributed by atoms with van der Waals surface area (Å²) >= 11 is 0. The fourth-order valence-corrected chi connectivity index (χ4v) is 1.55. The van der Waals surface area contributed by atoms with Crippen molar-refractivity contribution in [2.75, 3.05) is 6.54 Å². The van der Waals surface area contributed by atoms with Gasteiger partial charge in [0.2, 0.25) is 0 Å². The average Bonchev–Trinajstić information content (AvgIpc) is 2.58. The van der Waals surface area contributed by atoms with E-state index in [0.717, 1.165) is 18.9 Å². The Bertz CT molecular complexity index is 278. The molecule has 0 spiro atoms. The lowest BCUT2D eigenvalue weighted by Crippen LogP contribution is -2.27. The van der Waals surface area contributed by atoms with Gasteiger partial charge in [0.05, 0.1) is 6.20 Å². The molecule has 0 aromatic carbocycles. The van der Waals surface area contributed by atoms with Gasteiger partial charge in [-0.25, -0.2) is 0 Å². The van der Waals surface area contributed by atoms with Gasteiger partial charge in [-0.1, -0.05) is 20.8 Å². The van der Waals surface area contributed by atoms with Gasteiger partial charge in [-0.15, -0.1) is 0 Å². The predicted octanol–water partition coefficient (Wildman–Crippen LogP) is 1.99. The van der Waals surface area contributed by atoms with E-state index in [1.54, 1.807) is 0 Å². The number of nitrogens with one attached hydrogen (secondary N) is 1. The van der Waals surface area contributed by atoms with Crippen LogP contribution in [0.25, 0.3) is 0 Å². The highest BCUT2D eigenvalue weighted by Crippen LogP contribution is 2.08. The third kappa shape index (κ3) is 4.98. The molecule has 1 aromatic rings. The van der Waals surface area contributed by atoms with Gasteiger partial charge >= 0.3 is 0 Å². The zero-order valence-electron chi connectivity index (χ0n) is 10.3. The van der Waals surface area contributed by atoms with Crippen LogP contribution >= 0.6 is 0 Å². The van der Waals surface area contributed by atoms with E-state index in [-0.39, 0.29) is 0 Å². The molecule has 0 saturated carbocycles. The lowest BCUT2D eigenvalue weighted by Gasteiger charge is -2.14. The van der Waals surface area contributed by atoms with Gasteiger partial charge in [-0.05, 0) is 30.9 Å². The summed E-state index contributed by atoms with van der Waals surface area (Å²) in [6, 6.07) is 0.589. The normalized spacial score (nSPS) is 13.4. The fourth-order valence-electron chi connectivity index (χ4n) is 1.55. The Morgan fingerprint density at radius 2 is 2.13 bits per heavy atom. The molecule has 1 aromatic heterocycles. The maximum absolute atomic E-state index is 4.17. The molecule has 0 bridgehead atoms. The Morgan fingerprint density at radius 3 is 2.67 bits per heavy atom. The Labute approximate surface area is 92.9 Å². The molecule has 1 atom stereocenters. The van der Waals surface area contributed by atoms with E-state index >= 15 is 0 Å². The third-order valence-electron chi connectivity index (χ3n) is 2.56.